The SMILES string of the molecule is COCCn1/c(=N/S(=O)(=O)c2ccc(OC)cc2)sc2c(C)cc(C)cc21. The molecule has 0 aliphatic heterocycles. The Kier molecular flexibility index (Phi) is 5.69. The molecule has 0 aliphatic carbocycles. The summed E-state index contributed by atoms with van der Waals surface area (Å²) in [6.45, 7) is 5.04. The summed E-state index contributed by atoms with van der Waals surface area (Å²) in [4.78, 5) is 0.568. The van der Waals surface area contributed by atoms with Gasteiger partial charge in [-0.05, 0) is 55.3 Å². The van der Waals surface area contributed by atoms with Gasteiger partial charge in [0.15, 0.2) is 0 Å². The fraction of sp³-hybridized carbons (Fsp3) is 0.316. The summed E-state index contributed by atoms with van der Waals surface area (Å²) in [5, 5.41) is 0. The summed E-state index contributed by atoms with van der Waals surface area (Å²) < 4.78 is 43.0. The monoisotopic (exact) mass is 406 g/mol. The third-order valence-corrected chi connectivity index (χ3v) is 6.82. The van der Waals surface area contributed by atoms with E-state index in [1.54, 1.807) is 19.2 Å². The molecule has 0 aliphatic rings. The molecule has 1 heterocycles. The zero-order chi connectivity index (χ0) is 19.6. The van der Waals surface area contributed by atoms with Gasteiger partial charge in [-0.3, -0.25) is 0 Å². The number of nitrogens with zero attached hydrogens (tertiary/aromatic N) is 2. The number of sulfonamides is 1. The van der Waals surface area contributed by atoms with E-state index in [-0.39, 0.29) is 4.90 Å². The molecule has 2 aromatic carbocycles. The van der Waals surface area contributed by atoms with E-state index in [1.807, 2.05) is 24.5 Å². The number of rotatable bonds is 6. The number of hydrogen-bond donors (Lipinski definition) is 0. The number of hydrogen-bond acceptors (Lipinski definition) is 5. The Morgan fingerprint density at radius 3 is 2.44 bits per heavy atom. The fourth-order valence-corrected chi connectivity index (χ4v) is 5.19. The highest BCUT2D eigenvalue weighted by Gasteiger charge is 2.16. The van der Waals surface area contributed by atoms with Gasteiger partial charge in [0.25, 0.3) is 10.0 Å². The number of thiazole rings is 1. The molecule has 0 saturated heterocycles. The zero-order valence-corrected chi connectivity index (χ0v) is 17.4. The molecule has 0 saturated carbocycles. The Hall–Kier alpha value is -2.16. The second-order valence-electron chi connectivity index (χ2n) is 6.20. The van der Waals surface area contributed by atoms with Crippen molar-refractivity contribution in [2.45, 2.75) is 25.3 Å². The Morgan fingerprint density at radius 2 is 1.81 bits per heavy atom. The van der Waals surface area contributed by atoms with Crippen LogP contribution in [0.3, 0.4) is 0 Å². The first-order valence-corrected chi connectivity index (χ1v) is 10.7. The van der Waals surface area contributed by atoms with Gasteiger partial charge in [0, 0.05) is 13.7 Å². The number of aryl methyl sites for hydroxylation is 2. The van der Waals surface area contributed by atoms with Crippen molar-refractivity contribution in [3.63, 3.8) is 0 Å². The first-order chi connectivity index (χ1) is 12.9. The molecular weight excluding hydrogens is 384 g/mol. The molecule has 8 heteroatoms. The van der Waals surface area contributed by atoms with Crippen molar-refractivity contribution in [3.05, 3.63) is 52.3 Å². The van der Waals surface area contributed by atoms with Crippen LogP contribution in [-0.4, -0.2) is 33.8 Å². The topological polar surface area (TPSA) is 69.9 Å². The van der Waals surface area contributed by atoms with Crippen LogP contribution in [0.1, 0.15) is 11.1 Å². The first-order valence-electron chi connectivity index (χ1n) is 8.40. The molecule has 0 unspecified atom stereocenters. The lowest BCUT2D eigenvalue weighted by molar-refractivity contribution is 0.187. The van der Waals surface area contributed by atoms with Crippen molar-refractivity contribution in [1.29, 1.82) is 0 Å². The predicted molar refractivity (Wildman–Crippen MR) is 107 cm³/mol. The first kappa shape index (κ1) is 19.6. The van der Waals surface area contributed by atoms with Crippen LogP contribution in [0.5, 0.6) is 5.75 Å². The Bertz CT molecular complexity index is 1130. The average Bonchev–Trinajstić information content (AvgIpc) is 2.97. The molecule has 0 fully saturated rings. The van der Waals surface area contributed by atoms with Crippen molar-refractivity contribution in [2.24, 2.45) is 4.40 Å². The smallest absolute Gasteiger partial charge is 0.285 e. The summed E-state index contributed by atoms with van der Waals surface area (Å²) in [5.41, 5.74) is 3.19. The van der Waals surface area contributed by atoms with Crippen LogP contribution >= 0.6 is 11.3 Å². The fourth-order valence-electron chi connectivity index (χ4n) is 2.88. The van der Waals surface area contributed by atoms with Crippen LogP contribution in [0.4, 0.5) is 0 Å². The average molecular weight is 407 g/mol. The van der Waals surface area contributed by atoms with Gasteiger partial charge in [0.05, 0.1) is 28.8 Å². The van der Waals surface area contributed by atoms with E-state index in [4.69, 9.17) is 9.47 Å². The quantitative estimate of drug-likeness (QED) is 0.630. The van der Waals surface area contributed by atoms with Gasteiger partial charge in [0.2, 0.25) is 4.80 Å². The molecule has 0 radical (unpaired) electrons. The van der Waals surface area contributed by atoms with E-state index in [0.717, 1.165) is 21.3 Å². The molecule has 0 bridgehead atoms. The maximum absolute atomic E-state index is 12.8. The van der Waals surface area contributed by atoms with E-state index in [1.165, 1.54) is 30.6 Å². The van der Waals surface area contributed by atoms with Gasteiger partial charge >= 0.3 is 0 Å². The standard InChI is InChI=1S/C19H22N2O4S2/c1-13-11-14(2)18-17(12-13)21(9-10-24-3)19(26-18)20-27(22,23)16-7-5-15(25-4)6-8-16/h5-8,11-12H,9-10H2,1-4H3/b20-19-. The van der Waals surface area contributed by atoms with Crippen LogP contribution in [0, 0.1) is 13.8 Å². The highest BCUT2D eigenvalue weighted by Crippen LogP contribution is 2.24. The number of aromatic nitrogens is 1. The van der Waals surface area contributed by atoms with Gasteiger partial charge in [-0.25, -0.2) is 0 Å². The lowest BCUT2D eigenvalue weighted by Crippen LogP contribution is -2.19. The minimum absolute atomic E-state index is 0.131. The van der Waals surface area contributed by atoms with Crippen LogP contribution in [0.15, 0.2) is 45.7 Å². The minimum atomic E-state index is -3.84. The molecule has 3 aromatic rings. The maximum atomic E-state index is 12.8. The zero-order valence-electron chi connectivity index (χ0n) is 15.7. The summed E-state index contributed by atoms with van der Waals surface area (Å²) in [7, 11) is -0.681. The second kappa shape index (κ2) is 7.84. The second-order valence-corrected chi connectivity index (χ2v) is 8.78. The van der Waals surface area contributed by atoms with Gasteiger partial charge in [0.1, 0.15) is 5.75 Å². The van der Waals surface area contributed by atoms with Gasteiger partial charge in [-0.1, -0.05) is 17.4 Å². The van der Waals surface area contributed by atoms with Crippen molar-refractivity contribution < 1.29 is 17.9 Å². The van der Waals surface area contributed by atoms with E-state index in [2.05, 4.69) is 10.5 Å². The Morgan fingerprint density at radius 1 is 1.11 bits per heavy atom. The molecule has 0 amide bonds. The van der Waals surface area contributed by atoms with Crippen molar-refractivity contribution in [2.75, 3.05) is 20.8 Å². The largest absolute Gasteiger partial charge is 0.497 e. The normalized spacial score (nSPS) is 12.7. The lowest BCUT2D eigenvalue weighted by atomic mass is 10.1. The number of methoxy groups -OCH3 is 2. The van der Waals surface area contributed by atoms with Gasteiger partial charge in [-0.15, -0.1) is 4.40 Å². The van der Waals surface area contributed by atoms with Crippen molar-refractivity contribution in [1.82, 2.24) is 4.57 Å². The predicted octanol–water partition coefficient (Wildman–Crippen LogP) is 3.26. The van der Waals surface area contributed by atoms with Crippen molar-refractivity contribution >= 4 is 31.6 Å². The minimum Gasteiger partial charge on any atom is -0.497 e. The summed E-state index contributed by atoms with van der Waals surface area (Å²) in [6.07, 6.45) is 0. The molecular formula is C19H22N2O4S2. The number of ether oxygens (including phenoxy) is 2. The maximum Gasteiger partial charge on any atom is 0.285 e. The van der Waals surface area contributed by atoms with Gasteiger partial charge < -0.3 is 14.0 Å². The third-order valence-electron chi connectivity index (χ3n) is 4.19. The molecule has 6 nitrogen and oxygen atoms in total. The number of benzene rings is 2. The lowest BCUT2D eigenvalue weighted by Gasteiger charge is -2.06. The summed E-state index contributed by atoms with van der Waals surface area (Å²) in [5.74, 6) is 0.595. The molecule has 144 valence electrons. The van der Waals surface area contributed by atoms with Crippen LogP contribution in [0.25, 0.3) is 10.2 Å². The van der Waals surface area contributed by atoms with Crippen LogP contribution < -0.4 is 9.54 Å². The molecule has 0 atom stereocenters. The Balaban J connectivity index is 2.20. The molecule has 0 spiro atoms. The number of fused-ring (bicyclic) bond motifs is 1. The molecule has 27 heavy (non-hydrogen) atoms. The van der Waals surface area contributed by atoms with Crippen LogP contribution in [-0.2, 0) is 21.3 Å². The van der Waals surface area contributed by atoms with E-state index < -0.39 is 10.0 Å². The van der Waals surface area contributed by atoms with E-state index >= 15 is 0 Å². The van der Waals surface area contributed by atoms with E-state index in [0.29, 0.717) is 23.7 Å². The highest BCUT2D eigenvalue weighted by molar-refractivity contribution is 7.90. The molecule has 1 aromatic heterocycles. The highest BCUT2D eigenvalue weighted by atomic mass is 32.2. The summed E-state index contributed by atoms with van der Waals surface area (Å²) >= 11 is 1.38. The Labute approximate surface area is 162 Å². The molecule has 3 rings (SSSR count). The third kappa shape index (κ3) is 4.07. The van der Waals surface area contributed by atoms with Gasteiger partial charge in [-0.2, -0.15) is 8.42 Å². The van der Waals surface area contributed by atoms with E-state index in [9.17, 15) is 8.42 Å². The van der Waals surface area contributed by atoms with Crippen molar-refractivity contribution in [3.8, 4) is 5.75 Å². The molecule has 0 N–H and O–H groups in total. The summed E-state index contributed by atoms with van der Waals surface area (Å²) in [6, 6.07) is 10.4. The van der Waals surface area contributed by atoms with Crippen LogP contribution in [0.2, 0.25) is 0 Å².